The number of aliphatic carboxylic acids is 1. The van der Waals surface area contributed by atoms with Crippen LogP contribution in [0.3, 0.4) is 0 Å². The Morgan fingerprint density at radius 1 is 1.37 bits per heavy atom. The highest BCUT2D eigenvalue weighted by Gasteiger charge is 2.53. The van der Waals surface area contributed by atoms with Gasteiger partial charge in [0.25, 0.3) is 0 Å². The summed E-state index contributed by atoms with van der Waals surface area (Å²) in [6, 6.07) is 3.27. The molecular formula is C13H14O6. The van der Waals surface area contributed by atoms with Gasteiger partial charge in [-0.2, -0.15) is 0 Å². The summed E-state index contributed by atoms with van der Waals surface area (Å²) in [6.45, 7) is 0.116. The van der Waals surface area contributed by atoms with Gasteiger partial charge >= 0.3 is 5.97 Å². The molecule has 1 aliphatic carbocycles. The third-order valence-electron chi connectivity index (χ3n) is 3.79. The van der Waals surface area contributed by atoms with Gasteiger partial charge in [0.05, 0.1) is 13.2 Å². The lowest BCUT2D eigenvalue weighted by Crippen LogP contribution is -2.50. The van der Waals surface area contributed by atoms with E-state index in [9.17, 15) is 15.0 Å². The maximum Gasteiger partial charge on any atom is 0.314 e. The molecule has 0 saturated heterocycles. The molecule has 6 nitrogen and oxygen atoms in total. The van der Waals surface area contributed by atoms with Crippen LogP contribution in [0.15, 0.2) is 12.1 Å². The Kier molecular flexibility index (Phi) is 2.56. The number of rotatable bonds is 3. The Labute approximate surface area is 109 Å². The molecule has 0 radical (unpaired) electrons. The van der Waals surface area contributed by atoms with Gasteiger partial charge < -0.3 is 24.4 Å². The summed E-state index contributed by atoms with van der Waals surface area (Å²) in [6.07, 6.45) is -0.234. The first-order valence-electron chi connectivity index (χ1n) is 5.96. The van der Waals surface area contributed by atoms with E-state index in [2.05, 4.69) is 0 Å². The van der Waals surface area contributed by atoms with Gasteiger partial charge in [-0.15, -0.1) is 0 Å². The lowest BCUT2D eigenvalue weighted by Gasteiger charge is -2.42. The molecule has 0 spiro atoms. The maximum atomic E-state index is 11.6. The van der Waals surface area contributed by atoms with Crippen molar-refractivity contribution >= 4 is 5.97 Å². The van der Waals surface area contributed by atoms with Gasteiger partial charge in [0.15, 0.2) is 11.5 Å². The van der Waals surface area contributed by atoms with Crippen LogP contribution < -0.4 is 14.2 Å². The van der Waals surface area contributed by atoms with Crippen molar-refractivity contribution in [3.05, 3.63) is 17.7 Å². The minimum absolute atomic E-state index is 0.116. The van der Waals surface area contributed by atoms with Gasteiger partial charge in [-0.1, -0.05) is 0 Å². The molecular weight excluding hydrogens is 252 g/mol. The topological polar surface area (TPSA) is 85.2 Å². The summed E-state index contributed by atoms with van der Waals surface area (Å²) >= 11 is 0. The number of hydrogen-bond donors (Lipinski definition) is 2. The Balaban J connectivity index is 2.11. The Hall–Kier alpha value is -1.95. The third kappa shape index (κ3) is 1.63. The van der Waals surface area contributed by atoms with Crippen LogP contribution in [0.2, 0.25) is 0 Å². The van der Waals surface area contributed by atoms with Crippen molar-refractivity contribution in [2.24, 2.45) is 0 Å². The molecule has 2 N–H and O–H groups in total. The third-order valence-corrected chi connectivity index (χ3v) is 3.79. The predicted molar refractivity (Wildman–Crippen MR) is 63.7 cm³/mol. The van der Waals surface area contributed by atoms with Crippen molar-refractivity contribution in [2.45, 2.75) is 24.4 Å². The molecule has 1 aliphatic heterocycles. The van der Waals surface area contributed by atoms with E-state index in [1.165, 1.54) is 7.11 Å². The number of hydrogen-bond acceptors (Lipinski definition) is 5. The SMILES string of the molecule is COc1cc2c(cc1C1(C(=O)O)CC(O)C1)OCO2. The van der Waals surface area contributed by atoms with Gasteiger partial charge in [0.1, 0.15) is 11.2 Å². The zero-order chi connectivity index (χ0) is 13.6. The fourth-order valence-electron chi connectivity index (χ4n) is 2.72. The van der Waals surface area contributed by atoms with Crippen molar-refractivity contribution in [1.29, 1.82) is 0 Å². The second-order valence-electron chi connectivity index (χ2n) is 4.86. The number of aliphatic hydroxyl groups is 1. The van der Waals surface area contributed by atoms with Crippen LogP contribution in [0.1, 0.15) is 18.4 Å². The number of aliphatic hydroxyl groups excluding tert-OH is 1. The van der Waals surface area contributed by atoms with E-state index < -0.39 is 17.5 Å². The molecule has 0 atom stereocenters. The van der Waals surface area contributed by atoms with E-state index in [0.717, 1.165) is 0 Å². The van der Waals surface area contributed by atoms with E-state index in [0.29, 0.717) is 22.8 Å². The molecule has 0 amide bonds. The second-order valence-corrected chi connectivity index (χ2v) is 4.86. The number of carboxylic acid groups (broad SMARTS) is 1. The first kappa shape index (κ1) is 12.1. The molecule has 1 saturated carbocycles. The zero-order valence-corrected chi connectivity index (χ0v) is 10.4. The molecule has 1 heterocycles. The second kappa shape index (κ2) is 4.03. The van der Waals surface area contributed by atoms with E-state index in [1.807, 2.05) is 0 Å². The van der Waals surface area contributed by atoms with Crippen LogP contribution in [0.4, 0.5) is 0 Å². The first-order valence-corrected chi connectivity index (χ1v) is 5.96. The van der Waals surface area contributed by atoms with Crippen LogP contribution >= 0.6 is 0 Å². The number of fused-ring (bicyclic) bond motifs is 1. The normalized spacial score (nSPS) is 27.8. The number of carboxylic acids is 1. The van der Waals surface area contributed by atoms with Crippen LogP contribution in [-0.2, 0) is 10.2 Å². The molecule has 3 rings (SSSR count). The highest BCUT2D eigenvalue weighted by Crippen LogP contribution is 2.51. The maximum absolute atomic E-state index is 11.6. The van der Waals surface area contributed by atoms with Crippen molar-refractivity contribution < 1.29 is 29.2 Å². The highest BCUT2D eigenvalue weighted by atomic mass is 16.7. The van der Waals surface area contributed by atoms with Crippen molar-refractivity contribution in [3.8, 4) is 17.2 Å². The Morgan fingerprint density at radius 2 is 2.00 bits per heavy atom. The summed E-state index contributed by atoms with van der Waals surface area (Å²) in [4.78, 5) is 11.6. The molecule has 1 aromatic carbocycles. The smallest absolute Gasteiger partial charge is 0.314 e. The number of ether oxygens (including phenoxy) is 3. The number of benzene rings is 1. The molecule has 1 fully saturated rings. The monoisotopic (exact) mass is 266 g/mol. The van der Waals surface area contributed by atoms with Gasteiger partial charge in [0, 0.05) is 11.6 Å². The Morgan fingerprint density at radius 3 is 2.53 bits per heavy atom. The quantitative estimate of drug-likeness (QED) is 0.845. The molecule has 0 bridgehead atoms. The predicted octanol–water partition coefficient (Wildman–Crippen LogP) is 0.901. The van der Waals surface area contributed by atoms with Crippen molar-refractivity contribution in [2.75, 3.05) is 13.9 Å². The van der Waals surface area contributed by atoms with Crippen LogP contribution in [0.25, 0.3) is 0 Å². The molecule has 102 valence electrons. The van der Waals surface area contributed by atoms with E-state index in [-0.39, 0.29) is 19.6 Å². The average Bonchev–Trinajstić information content (AvgIpc) is 2.79. The lowest BCUT2D eigenvalue weighted by atomic mass is 9.62. The van der Waals surface area contributed by atoms with Gasteiger partial charge in [-0.25, -0.2) is 0 Å². The average molecular weight is 266 g/mol. The molecule has 0 aromatic heterocycles. The zero-order valence-electron chi connectivity index (χ0n) is 10.4. The van der Waals surface area contributed by atoms with Crippen LogP contribution in [0.5, 0.6) is 17.2 Å². The largest absolute Gasteiger partial charge is 0.496 e. The first-order chi connectivity index (χ1) is 9.06. The minimum Gasteiger partial charge on any atom is -0.496 e. The molecule has 2 aliphatic rings. The van der Waals surface area contributed by atoms with Crippen molar-refractivity contribution in [1.82, 2.24) is 0 Å². The summed E-state index contributed by atoms with van der Waals surface area (Å²) in [5.41, 5.74) is -0.580. The van der Waals surface area contributed by atoms with Crippen molar-refractivity contribution in [3.63, 3.8) is 0 Å². The van der Waals surface area contributed by atoms with E-state index >= 15 is 0 Å². The van der Waals surface area contributed by atoms with E-state index in [4.69, 9.17) is 14.2 Å². The highest BCUT2D eigenvalue weighted by molar-refractivity contribution is 5.84. The van der Waals surface area contributed by atoms with Gasteiger partial charge in [-0.3, -0.25) is 4.79 Å². The fraction of sp³-hybridized carbons (Fsp3) is 0.462. The lowest BCUT2D eigenvalue weighted by molar-refractivity contribution is -0.153. The van der Waals surface area contributed by atoms with E-state index in [1.54, 1.807) is 12.1 Å². The standard InChI is InChI=1S/C13H14O6/c1-17-9-3-11-10(18-6-19-11)2-8(9)13(12(15)16)4-7(14)5-13/h2-3,7,14H,4-6H2,1H3,(H,15,16). The summed E-state index contributed by atoms with van der Waals surface area (Å²) in [5.74, 6) is 0.535. The van der Waals surface area contributed by atoms with Crippen LogP contribution in [-0.4, -0.2) is 36.2 Å². The minimum atomic E-state index is -1.11. The fourth-order valence-corrected chi connectivity index (χ4v) is 2.72. The summed E-state index contributed by atoms with van der Waals surface area (Å²) in [5, 5.41) is 19.0. The summed E-state index contributed by atoms with van der Waals surface area (Å²) < 4.78 is 15.8. The van der Waals surface area contributed by atoms with Gasteiger partial charge in [0.2, 0.25) is 6.79 Å². The molecule has 19 heavy (non-hydrogen) atoms. The number of carbonyl (C=O) groups is 1. The molecule has 0 unspecified atom stereocenters. The molecule has 1 aromatic rings. The number of methoxy groups -OCH3 is 1. The Bertz CT molecular complexity index is 532. The van der Waals surface area contributed by atoms with Crippen LogP contribution in [0, 0.1) is 0 Å². The van der Waals surface area contributed by atoms with Gasteiger partial charge in [-0.05, 0) is 18.9 Å². The summed E-state index contributed by atoms with van der Waals surface area (Å²) in [7, 11) is 1.48. The molecule has 6 heteroatoms.